The van der Waals surface area contributed by atoms with E-state index in [0.29, 0.717) is 6.42 Å². The molecule has 2 N–H and O–H groups in total. The van der Waals surface area contributed by atoms with Gasteiger partial charge in [-0.3, -0.25) is 0 Å². The number of hydrogen-bond donors (Lipinski definition) is 1. The summed E-state index contributed by atoms with van der Waals surface area (Å²) in [5.74, 6) is -4.02. The minimum Gasteiger partial charge on any atom is -0.337 e. The lowest BCUT2D eigenvalue weighted by Crippen LogP contribution is -2.08. The standard InChI is InChI=1S/C11H10F3N3O/c1-2-8(15)11-16-10(17-18-11)5-3-6(12)9(14)7(13)4-5/h3-4,8H,2,15H2,1H3. The normalized spacial score (nSPS) is 12.7. The van der Waals surface area contributed by atoms with Crippen molar-refractivity contribution in [1.29, 1.82) is 0 Å². The summed E-state index contributed by atoms with van der Waals surface area (Å²) in [4.78, 5) is 3.90. The third kappa shape index (κ3) is 2.21. The zero-order valence-electron chi connectivity index (χ0n) is 9.45. The zero-order valence-corrected chi connectivity index (χ0v) is 9.45. The van der Waals surface area contributed by atoms with E-state index in [-0.39, 0.29) is 17.3 Å². The molecule has 2 aromatic rings. The summed E-state index contributed by atoms with van der Waals surface area (Å²) < 4.78 is 43.7. The molecule has 1 aromatic heterocycles. The Bertz CT molecular complexity index is 547. The van der Waals surface area contributed by atoms with Crippen LogP contribution in [0.4, 0.5) is 13.2 Å². The Kier molecular flexibility index (Phi) is 3.33. The van der Waals surface area contributed by atoms with Crippen LogP contribution in [0.1, 0.15) is 25.3 Å². The maximum Gasteiger partial charge on any atom is 0.243 e. The van der Waals surface area contributed by atoms with Crippen LogP contribution in [-0.4, -0.2) is 10.1 Å². The number of hydrogen-bond acceptors (Lipinski definition) is 4. The zero-order chi connectivity index (χ0) is 13.3. The summed E-state index contributed by atoms with van der Waals surface area (Å²) in [6.07, 6.45) is 0.577. The molecule has 1 atom stereocenters. The Hall–Kier alpha value is -1.89. The average Bonchev–Trinajstić information content (AvgIpc) is 2.84. The van der Waals surface area contributed by atoms with Gasteiger partial charge in [-0.2, -0.15) is 4.98 Å². The second-order valence-electron chi connectivity index (χ2n) is 3.72. The highest BCUT2D eigenvalue weighted by Gasteiger charge is 2.17. The van der Waals surface area contributed by atoms with E-state index in [4.69, 9.17) is 10.3 Å². The van der Waals surface area contributed by atoms with Gasteiger partial charge in [0, 0.05) is 5.56 Å². The van der Waals surface area contributed by atoms with Crippen LogP contribution in [-0.2, 0) is 0 Å². The van der Waals surface area contributed by atoms with Crippen molar-refractivity contribution >= 4 is 0 Å². The first-order valence-electron chi connectivity index (χ1n) is 5.27. The smallest absolute Gasteiger partial charge is 0.243 e. The quantitative estimate of drug-likeness (QED) is 0.858. The molecule has 0 amide bonds. The molecule has 7 heteroatoms. The molecule has 0 radical (unpaired) electrons. The molecule has 0 aliphatic heterocycles. The highest BCUT2D eigenvalue weighted by atomic mass is 19.2. The van der Waals surface area contributed by atoms with Crippen LogP contribution in [0, 0.1) is 17.5 Å². The molecule has 1 unspecified atom stereocenters. The lowest BCUT2D eigenvalue weighted by molar-refractivity contribution is 0.352. The fourth-order valence-electron chi connectivity index (χ4n) is 1.36. The molecule has 0 bridgehead atoms. The molecule has 4 nitrogen and oxygen atoms in total. The van der Waals surface area contributed by atoms with E-state index in [0.717, 1.165) is 12.1 Å². The molecule has 0 saturated carbocycles. The van der Waals surface area contributed by atoms with Crippen molar-refractivity contribution in [2.45, 2.75) is 19.4 Å². The topological polar surface area (TPSA) is 64.9 Å². The van der Waals surface area contributed by atoms with Crippen LogP contribution in [0.3, 0.4) is 0 Å². The van der Waals surface area contributed by atoms with Crippen molar-refractivity contribution < 1.29 is 17.7 Å². The average molecular weight is 257 g/mol. The fraction of sp³-hybridized carbons (Fsp3) is 0.273. The first kappa shape index (κ1) is 12.6. The lowest BCUT2D eigenvalue weighted by Gasteiger charge is -2.00. The summed E-state index contributed by atoms with van der Waals surface area (Å²) in [5.41, 5.74) is 5.66. The van der Waals surface area contributed by atoms with Gasteiger partial charge in [-0.15, -0.1) is 0 Å². The van der Waals surface area contributed by atoms with Crippen LogP contribution < -0.4 is 5.73 Å². The van der Waals surface area contributed by atoms with Gasteiger partial charge in [-0.25, -0.2) is 13.2 Å². The molecule has 0 saturated heterocycles. The van der Waals surface area contributed by atoms with Crippen LogP contribution in [0.5, 0.6) is 0 Å². The highest BCUT2D eigenvalue weighted by molar-refractivity contribution is 5.54. The van der Waals surface area contributed by atoms with Crippen LogP contribution >= 0.6 is 0 Å². The van der Waals surface area contributed by atoms with Gasteiger partial charge < -0.3 is 10.3 Å². The van der Waals surface area contributed by atoms with Gasteiger partial charge in [-0.05, 0) is 18.6 Å². The molecular weight excluding hydrogens is 247 g/mol. The molecule has 0 fully saturated rings. The molecule has 1 heterocycles. The van der Waals surface area contributed by atoms with E-state index in [9.17, 15) is 13.2 Å². The third-order valence-corrected chi connectivity index (χ3v) is 2.44. The lowest BCUT2D eigenvalue weighted by atomic mass is 10.2. The fourth-order valence-corrected chi connectivity index (χ4v) is 1.36. The van der Waals surface area contributed by atoms with E-state index in [2.05, 4.69) is 10.1 Å². The van der Waals surface area contributed by atoms with Crippen LogP contribution in [0.25, 0.3) is 11.4 Å². The van der Waals surface area contributed by atoms with Gasteiger partial charge in [0.15, 0.2) is 17.5 Å². The minimum absolute atomic E-state index is 0.00953. The first-order chi connectivity index (χ1) is 8.52. The Balaban J connectivity index is 2.40. The minimum atomic E-state index is -1.53. The predicted molar refractivity (Wildman–Crippen MR) is 56.8 cm³/mol. The van der Waals surface area contributed by atoms with Crippen molar-refractivity contribution in [3.8, 4) is 11.4 Å². The molecule has 0 aliphatic rings. The van der Waals surface area contributed by atoms with Crippen LogP contribution in [0.15, 0.2) is 16.7 Å². The Morgan fingerprint density at radius 3 is 2.44 bits per heavy atom. The Morgan fingerprint density at radius 2 is 1.89 bits per heavy atom. The SMILES string of the molecule is CCC(N)c1nc(-c2cc(F)c(F)c(F)c2)no1. The third-order valence-electron chi connectivity index (χ3n) is 2.44. The Morgan fingerprint density at radius 1 is 1.28 bits per heavy atom. The van der Waals surface area contributed by atoms with E-state index >= 15 is 0 Å². The van der Waals surface area contributed by atoms with Crippen LogP contribution in [0.2, 0.25) is 0 Å². The molecule has 1 aromatic carbocycles. The maximum absolute atomic E-state index is 13.0. The summed E-state index contributed by atoms with van der Waals surface area (Å²) >= 11 is 0. The Labute approximate surface area is 101 Å². The molecular formula is C11H10F3N3O. The number of rotatable bonds is 3. The van der Waals surface area contributed by atoms with E-state index in [1.807, 2.05) is 6.92 Å². The van der Waals surface area contributed by atoms with E-state index in [1.165, 1.54) is 0 Å². The van der Waals surface area contributed by atoms with Crippen molar-refractivity contribution in [2.75, 3.05) is 0 Å². The van der Waals surface area contributed by atoms with Gasteiger partial charge in [0.25, 0.3) is 0 Å². The molecule has 18 heavy (non-hydrogen) atoms. The number of nitrogens with zero attached hydrogens (tertiary/aromatic N) is 2. The van der Waals surface area contributed by atoms with Gasteiger partial charge in [0.2, 0.25) is 11.7 Å². The van der Waals surface area contributed by atoms with Crippen molar-refractivity contribution in [1.82, 2.24) is 10.1 Å². The maximum atomic E-state index is 13.0. The summed E-state index contributed by atoms with van der Waals surface area (Å²) in [7, 11) is 0. The summed E-state index contributed by atoms with van der Waals surface area (Å²) in [6.45, 7) is 1.83. The molecule has 0 spiro atoms. The van der Waals surface area contributed by atoms with Gasteiger partial charge in [-0.1, -0.05) is 12.1 Å². The monoisotopic (exact) mass is 257 g/mol. The number of benzene rings is 1. The molecule has 96 valence electrons. The summed E-state index contributed by atoms with van der Waals surface area (Å²) in [6, 6.07) is 1.15. The van der Waals surface area contributed by atoms with Gasteiger partial charge in [0.1, 0.15) is 0 Å². The van der Waals surface area contributed by atoms with Gasteiger partial charge in [0.05, 0.1) is 6.04 Å². The van der Waals surface area contributed by atoms with E-state index < -0.39 is 23.5 Å². The summed E-state index contributed by atoms with van der Waals surface area (Å²) in [5, 5.41) is 3.55. The largest absolute Gasteiger partial charge is 0.337 e. The van der Waals surface area contributed by atoms with Crippen molar-refractivity contribution in [3.63, 3.8) is 0 Å². The molecule has 2 rings (SSSR count). The number of aromatic nitrogens is 2. The second-order valence-corrected chi connectivity index (χ2v) is 3.72. The highest BCUT2D eigenvalue weighted by Crippen LogP contribution is 2.22. The van der Waals surface area contributed by atoms with Crippen molar-refractivity contribution in [3.05, 3.63) is 35.5 Å². The second kappa shape index (κ2) is 4.77. The van der Waals surface area contributed by atoms with Crippen molar-refractivity contribution in [2.24, 2.45) is 5.73 Å². The van der Waals surface area contributed by atoms with E-state index in [1.54, 1.807) is 0 Å². The number of halogens is 3. The van der Waals surface area contributed by atoms with Gasteiger partial charge >= 0.3 is 0 Å². The first-order valence-corrected chi connectivity index (χ1v) is 5.27. The molecule has 0 aliphatic carbocycles. The predicted octanol–water partition coefficient (Wildman–Crippen LogP) is 2.56. The number of nitrogens with two attached hydrogens (primary N) is 1.